The van der Waals surface area contributed by atoms with Gasteiger partial charge in [-0.1, -0.05) is 0 Å². The van der Waals surface area contributed by atoms with Gasteiger partial charge in [-0.2, -0.15) is 0 Å². The van der Waals surface area contributed by atoms with Gasteiger partial charge >= 0.3 is 0 Å². The molecule has 0 fully saturated rings. The first kappa shape index (κ1) is 11.6. The number of carbonyl (C=O) groups excluding carboxylic acids is 2. The quantitative estimate of drug-likeness (QED) is 0.627. The van der Waals surface area contributed by atoms with Crippen LogP contribution < -0.4 is 0 Å². The SMILES string of the molecule is CC(=O)[C@H](C)C(=O)c1cc(C)c(Br)s1. The van der Waals surface area contributed by atoms with Gasteiger partial charge in [-0.15, -0.1) is 11.3 Å². The molecule has 0 unspecified atom stereocenters. The molecule has 0 aliphatic rings. The van der Waals surface area contributed by atoms with Gasteiger partial charge in [0.05, 0.1) is 14.6 Å². The van der Waals surface area contributed by atoms with Crippen LogP contribution in [0.5, 0.6) is 0 Å². The lowest BCUT2D eigenvalue weighted by molar-refractivity contribution is -0.118. The fraction of sp³-hybridized carbons (Fsp3) is 0.400. The number of carbonyl (C=O) groups is 2. The van der Waals surface area contributed by atoms with E-state index in [4.69, 9.17) is 0 Å². The Morgan fingerprint density at radius 2 is 2.07 bits per heavy atom. The van der Waals surface area contributed by atoms with Gasteiger partial charge in [0, 0.05) is 0 Å². The summed E-state index contributed by atoms with van der Waals surface area (Å²) < 4.78 is 0.955. The summed E-state index contributed by atoms with van der Waals surface area (Å²) >= 11 is 4.73. The Kier molecular flexibility index (Phi) is 3.61. The average Bonchev–Trinajstić information content (AvgIpc) is 2.44. The van der Waals surface area contributed by atoms with Gasteiger partial charge in [0.2, 0.25) is 0 Å². The van der Waals surface area contributed by atoms with Crippen LogP contribution in [0.25, 0.3) is 0 Å². The Labute approximate surface area is 95.5 Å². The van der Waals surface area contributed by atoms with Gasteiger partial charge in [0.15, 0.2) is 5.78 Å². The van der Waals surface area contributed by atoms with Gasteiger partial charge in [-0.05, 0) is 48.3 Å². The molecule has 1 aromatic rings. The second-order valence-corrected chi connectivity index (χ2v) is 5.63. The number of rotatable bonds is 3. The van der Waals surface area contributed by atoms with Crippen LogP contribution in [-0.4, -0.2) is 11.6 Å². The Morgan fingerprint density at radius 3 is 2.43 bits per heavy atom. The maximum atomic E-state index is 11.7. The Balaban J connectivity index is 2.95. The number of hydrogen-bond acceptors (Lipinski definition) is 3. The number of hydrogen-bond donors (Lipinski definition) is 0. The fourth-order valence-corrected chi connectivity index (χ4v) is 2.54. The molecule has 1 atom stereocenters. The zero-order valence-electron chi connectivity index (χ0n) is 8.26. The van der Waals surface area contributed by atoms with Gasteiger partial charge in [0.1, 0.15) is 5.78 Å². The lowest BCUT2D eigenvalue weighted by Gasteiger charge is -2.02. The number of ketones is 2. The van der Waals surface area contributed by atoms with Crippen LogP contribution in [0.2, 0.25) is 0 Å². The van der Waals surface area contributed by atoms with Crippen LogP contribution in [0.3, 0.4) is 0 Å². The Hall–Kier alpha value is -0.480. The molecule has 1 rings (SSSR count). The molecular weight excluding hydrogens is 264 g/mol. The summed E-state index contributed by atoms with van der Waals surface area (Å²) in [7, 11) is 0. The topological polar surface area (TPSA) is 34.1 Å². The molecule has 2 nitrogen and oxygen atoms in total. The van der Waals surface area contributed by atoms with Crippen molar-refractivity contribution in [2.45, 2.75) is 20.8 Å². The van der Waals surface area contributed by atoms with E-state index in [2.05, 4.69) is 15.9 Å². The van der Waals surface area contributed by atoms with E-state index in [1.165, 1.54) is 18.3 Å². The molecular formula is C10H11BrO2S. The maximum absolute atomic E-state index is 11.7. The maximum Gasteiger partial charge on any atom is 0.182 e. The van der Waals surface area contributed by atoms with E-state index in [1.807, 2.05) is 13.0 Å². The molecule has 0 N–H and O–H groups in total. The molecule has 4 heteroatoms. The highest BCUT2D eigenvalue weighted by Gasteiger charge is 2.21. The summed E-state index contributed by atoms with van der Waals surface area (Å²) in [4.78, 5) is 23.4. The van der Waals surface area contributed by atoms with Crippen LogP contribution in [0.15, 0.2) is 9.85 Å². The van der Waals surface area contributed by atoms with E-state index in [0.717, 1.165) is 9.35 Å². The van der Waals surface area contributed by atoms with Crippen molar-refractivity contribution in [1.82, 2.24) is 0 Å². The lowest BCUT2D eigenvalue weighted by atomic mass is 10.0. The molecule has 14 heavy (non-hydrogen) atoms. The van der Waals surface area contributed by atoms with E-state index >= 15 is 0 Å². The molecule has 0 bridgehead atoms. The molecule has 1 heterocycles. The van der Waals surface area contributed by atoms with Crippen LogP contribution in [-0.2, 0) is 4.79 Å². The van der Waals surface area contributed by atoms with Crippen molar-refractivity contribution < 1.29 is 9.59 Å². The predicted molar refractivity (Wildman–Crippen MR) is 60.9 cm³/mol. The van der Waals surface area contributed by atoms with Crippen LogP contribution in [0.1, 0.15) is 29.1 Å². The highest BCUT2D eigenvalue weighted by molar-refractivity contribution is 9.11. The molecule has 0 saturated heterocycles. The van der Waals surface area contributed by atoms with E-state index in [0.29, 0.717) is 4.88 Å². The second-order valence-electron chi connectivity index (χ2n) is 3.26. The third-order valence-corrected chi connectivity index (χ3v) is 4.25. The molecule has 0 aromatic carbocycles. The largest absolute Gasteiger partial charge is 0.299 e. The third-order valence-electron chi connectivity index (χ3n) is 2.10. The molecule has 0 saturated carbocycles. The predicted octanol–water partition coefficient (Wildman–Crippen LogP) is 3.23. The third kappa shape index (κ3) is 2.30. The summed E-state index contributed by atoms with van der Waals surface area (Å²) in [6.07, 6.45) is 0. The Bertz CT molecular complexity index is 362. The van der Waals surface area contributed by atoms with Crippen molar-refractivity contribution in [3.8, 4) is 0 Å². The van der Waals surface area contributed by atoms with Gasteiger partial charge in [-0.25, -0.2) is 0 Å². The standard InChI is InChI=1S/C10H11BrO2S/c1-5-4-8(14-10(5)11)9(13)6(2)7(3)12/h4,6H,1-3H3/t6-/m0/s1. The molecule has 0 aliphatic carbocycles. The number of halogens is 1. The van der Waals surface area contributed by atoms with Crippen molar-refractivity contribution in [3.05, 3.63) is 20.3 Å². The first-order valence-electron chi connectivity index (χ1n) is 4.24. The molecule has 76 valence electrons. The van der Waals surface area contributed by atoms with E-state index in [1.54, 1.807) is 6.92 Å². The molecule has 0 amide bonds. The normalized spacial score (nSPS) is 12.6. The minimum absolute atomic E-state index is 0.0859. The van der Waals surface area contributed by atoms with E-state index < -0.39 is 5.92 Å². The lowest BCUT2D eigenvalue weighted by Crippen LogP contribution is -2.17. The van der Waals surface area contributed by atoms with Gasteiger partial charge in [-0.3, -0.25) is 9.59 Å². The van der Waals surface area contributed by atoms with Crippen LogP contribution in [0.4, 0.5) is 0 Å². The summed E-state index contributed by atoms with van der Waals surface area (Å²) in [5, 5.41) is 0. The second kappa shape index (κ2) is 4.36. The van der Waals surface area contributed by atoms with Crippen molar-refractivity contribution in [3.63, 3.8) is 0 Å². The highest BCUT2D eigenvalue weighted by Crippen LogP contribution is 2.29. The minimum Gasteiger partial charge on any atom is -0.299 e. The number of aryl methyl sites for hydroxylation is 1. The molecule has 0 aliphatic heterocycles. The Morgan fingerprint density at radius 1 is 1.50 bits per heavy atom. The van der Waals surface area contributed by atoms with Crippen molar-refractivity contribution in [1.29, 1.82) is 0 Å². The van der Waals surface area contributed by atoms with Crippen molar-refractivity contribution in [2.24, 2.45) is 5.92 Å². The van der Waals surface area contributed by atoms with E-state index in [9.17, 15) is 9.59 Å². The smallest absolute Gasteiger partial charge is 0.182 e. The van der Waals surface area contributed by atoms with Crippen LogP contribution >= 0.6 is 27.3 Å². The number of thiophene rings is 1. The average molecular weight is 275 g/mol. The summed E-state index contributed by atoms with van der Waals surface area (Å²) in [6, 6.07) is 1.82. The van der Waals surface area contributed by atoms with Gasteiger partial charge < -0.3 is 0 Å². The zero-order chi connectivity index (χ0) is 10.9. The number of Topliss-reactive ketones (excluding diaryl/α,β-unsaturated/α-hetero) is 2. The minimum atomic E-state index is -0.528. The van der Waals surface area contributed by atoms with Crippen molar-refractivity contribution in [2.75, 3.05) is 0 Å². The van der Waals surface area contributed by atoms with Gasteiger partial charge in [0.25, 0.3) is 0 Å². The molecule has 0 radical (unpaired) electrons. The van der Waals surface area contributed by atoms with Crippen LogP contribution in [0, 0.1) is 12.8 Å². The monoisotopic (exact) mass is 274 g/mol. The van der Waals surface area contributed by atoms with E-state index in [-0.39, 0.29) is 11.6 Å². The first-order chi connectivity index (χ1) is 6.43. The van der Waals surface area contributed by atoms with Crippen molar-refractivity contribution >= 4 is 38.8 Å². The molecule has 0 spiro atoms. The summed E-state index contributed by atoms with van der Waals surface area (Å²) in [5.74, 6) is -0.701. The summed E-state index contributed by atoms with van der Waals surface area (Å²) in [6.45, 7) is 5.02. The molecule has 1 aromatic heterocycles. The zero-order valence-corrected chi connectivity index (χ0v) is 10.7. The summed E-state index contributed by atoms with van der Waals surface area (Å²) in [5.41, 5.74) is 1.04. The fourth-order valence-electron chi connectivity index (χ4n) is 0.979. The highest BCUT2D eigenvalue weighted by atomic mass is 79.9. The first-order valence-corrected chi connectivity index (χ1v) is 5.85.